The van der Waals surface area contributed by atoms with Gasteiger partial charge in [0, 0.05) is 26.7 Å². The van der Waals surface area contributed by atoms with Crippen LogP contribution >= 0.6 is 0 Å². The van der Waals surface area contributed by atoms with Gasteiger partial charge in [-0.3, -0.25) is 0 Å². The van der Waals surface area contributed by atoms with Gasteiger partial charge in [-0.2, -0.15) is 0 Å². The van der Waals surface area contributed by atoms with Crippen LogP contribution in [0.15, 0.2) is 42.5 Å². The topological polar surface area (TPSA) is 71.4 Å². The first-order chi connectivity index (χ1) is 14.1. The summed E-state index contributed by atoms with van der Waals surface area (Å²) in [6, 6.07) is 14.0. The minimum Gasteiger partial charge on any atom is -0.497 e. The number of aromatic nitrogens is 2. The lowest BCUT2D eigenvalue weighted by molar-refractivity contribution is 0.158. The third-order valence-electron chi connectivity index (χ3n) is 5.51. The highest BCUT2D eigenvalue weighted by Crippen LogP contribution is 2.25. The van der Waals surface area contributed by atoms with Crippen molar-refractivity contribution in [3.63, 3.8) is 0 Å². The highest BCUT2D eigenvalue weighted by molar-refractivity contribution is 5.77. The van der Waals surface area contributed by atoms with Gasteiger partial charge in [-0.25, -0.2) is 9.78 Å². The molecule has 1 aromatic heterocycles. The molecule has 1 aliphatic heterocycles. The van der Waals surface area contributed by atoms with Crippen LogP contribution < -0.4 is 15.4 Å². The first-order valence-electron chi connectivity index (χ1n) is 9.88. The molecule has 2 amide bonds. The Balaban J connectivity index is 1.50. The molecule has 2 N–H and O–H groups in total. The van der Waals surface area contributed by atoms with Crippen LogP contribution in [0, 0.1) is 6.92 Å². The zero-order valence-electron chi connectivity index (χ0n) is 17.1. The number of hydrogen-bond donors (Lipinski definition) is 2. The van der Waals surface area contributed by atoms with Crippen LogP contribution in [-0.4, -0.2) is 47.2 Å². The Morgan fingerprint density at radius 2 is 2.17 bits per heavy atom. The molecule has 0 aliphatic carbocycles. The van der Waals surface area contributed by atoms with Crippen LogP contribution in [0.5, 0.6) is 5.75 Å². The van der Waals surface area contributed by atoms with E-state index in [1.807, 2.05) is 40.8 Å². The molecule has 1 saturated heterocycles. The maximum atomic E-state index is 13.0. The van der Waals surface area contributed by atoms with E-state index in [-0.39, 0.29) is 12.1 Å². The van der Waals surface area contributed by atoms with Crippen LogP contribution in [0.2, 0.25) is 0 Å². The number of aryl methyl sites for hydroxylation is 2. The average molecular weight is 393 g/mol. The number of piperazine rings is 1. The zero-order chi connectivity index (χ0) is 20.4. The molecule has 4 rings (SSSR count). The van der Waals surface area contributed by atoms with Crippen LogP contribution in [0.1, 0.15) is 23.0 Å². The molecule has 29 heavy (non-hydrogen) atoms. The predicted octanol–water partition coefficient (Wildman–Crippen LogP) is 2.75. The van der Waals surface area contributed by atoms with Gasteiger partial charge >= 0.3 is 6.03 Å². The Morgan fingerprint density at radius 1 is 1.31 bits per heavy atom. The van der Waals surface area contributed by atoms with Crippen LogP contribution in [0.3, 0.4) is 0 Å². The molecule has 1 atom stereocenters. The number of urea groups is 1. The number of carbonyl (C=O) groups excluding carboxylic acids is 1. The van der Waals surface area contributed by atoms with Crippen molar-refractivity contribution in [3.8, 4) is 5.75 Å². The lowest BCUT2D eigenvalue weighted by atomic mass is 10.0. The van der Waals surface area contributed by atoms with Crippen molar-refractivity contribution in [3.05, 3.63) is 59.4 Å². The molecule has 1 unspecified atom stereocenters. The first kappa shape index (κ1) is 19.3. The second-order valence-electron chi connectivity index (χ2n) is 7.43. The van der Waals surface area contributed by atoms with Gasteiger partial charge in [0.25, 0.3) is 0 Å². The maximum Gasteiger partial charge on any atom is 0.318 e. The Morgan fingerprint density at radius 3 is 3.00 bits per heavy atom. The quantitative estimate of drug-likeness (QED) is 0.715. The number of carbonyl (C=O) groups is 1. The minimum atomic E-state index is -0.0810. The smallest absolute Gasteiger partial charge is 0.318 e. The Hall–Kier alpha value is -3.06. The lowest BCUT2D eigenvalue weighted by Gasteiger charge is -2.36. The van der Waals surface area contributed by atoms with Gasteiger partial charge in [0.2, 0.25) is 0 Å². The van der Waals surface area contributed by atoms with E-state index >= 15 is 0 Å². The van der Waals surface area contributed by atoms with Gasteiger partial charge < -0.3 is 24.8 Å². The van der Waals surface area contributed by atoms with Gasteiger partial charge in [-0.15, -0.1) is 0 Å². The summed E-state index contributed by atoms with van der Waals surface area (Å²) in [5.41, 5.74) is 4.25. The number of ether oxygens (including phenoxy) is 1. The molecule has 0 saturated carbocycles. The Bertz CT molecular complexity index is 1030. The monoisotopic (exact) mass is 393 g/mol. The number of nitrogens with one attached hydrogen (secondary N) is 2. The Kier molecular flexibility index (Phi) is 5.40. The van der Waals surface area contributed by atoms with Gasteiger partial charge in [0.05, 0.1) is 30.7 Å². The molecule has 152 valence electrons. The molecule has 0 radical (unpaired) electrons. The summed E-state index contributed by atoms with van der Waals surface area (Å²) in [5.74, 6) is 1.63. The molecule has 7 nitrogen and oxygen atoms in total. The first-order valence-corrected chi connectivity index (χ1v) is 9.88. The van der Waals surface area contributed by atoms with Crippen molar-refractivity contribution >= 4 is 17.1 Å². The maximum absolute atomic E-state index is 13.0. The SMILES string of the molecule is COc1cccc(C2CNCCN2C(=O)NCc2nc3cc(C)ccc3n2C)c1. The molecule has 0 bridgehead atoms. The number of rotatable bonds is 4. The fraction of sp³-hybridized carbons (Fsp3) is 0.364. The number of nitrogens with zero attached hydrogens (tertiary/aromatic N) is 3. The molecule has 0 spiro atoms. The van der Waals surface area contributed by atoms with E-state index in [4.69, 9.17) is 9.72 Å². The number of methoxy groups -OCH3 is 1. The molecule has 1 aliphatic rings. The van der Waals surface area contributed by atoms with Crippen molar-refractivity contribution in [1.29, 1.82) is 0 Å². The molecular weight excluding hydrogens is 366 g/mol. The number of imidazole rings is 1. The van der Waals surface area contributed by atoms with Gasteiger partial charge in [-0.1, -0.05) is 18.2 Å². The van der Waals surface area contributed by atoms with Crippen molar-refractivity contribution in [2.75, 3.05) is 26.7 Å². The second kappa shape index (κ2) is 8.13. The molecule has 3 aromatic rings. The van der Waals surface area contributed by atoms with E-state index in [0.717, 1.165) is 34.7 Å². The predicted molar refractivity (Wildman–Crippen MR) is 113 cm³/mol. The normalized spacial score (nSPS) is 16.8. The number of benzene rings is 2. The summed E-state index contributed by atoms with van der Waals surface area (Å²) in [7, 11) is 3.64. The van der Waals surface area contributed by atoms with E-state index in [1.165, 1.54) is 5.56 Å². The number of hydrogen-bond acceptors (Lipinski definition) is 4. The molecule has 2 aromatic carbocycles. The summed E-state index contributed by atoms with van der Waals surface area (Å²) < 4.78 is 7.38. The highest BCUT2D eigenvalue weighted by Gasteiger charge is 2.28. The van der Waals surface area contributed by atoms with E-state index in [0.29, 0.717) is 19.6 Å². The molecular formula is C22H27N5O2. The summed E-state index contributed by atoms with van der Waals surface area (Å²) in [6.45, 7) is 4.58. The van der Waals surface area contributed by atoms with Crippen molar-refractivity contribution < 1.29 is 9.53 Å². The van der Waals surface area contributed by atoms with Crippen molar-refractivity contribution in [2.24, 2.45) is 7.05 Å². The van der Waals surface area contributed by atoms with Gasteiger partial charge in [0.1, 0.15) is 11.6 Å². The second-order valence-corrected chi connectivity index (χ2v) is 7.43. The van der Waals surface area contributed by atoms with Gasteiger partial charge in [-0.05, 0) is 42.3 Å². The van der Waals surface area contributed by atoms with Gasteiger partial charge in [0.15, 0.2) is 0 Å². The zero-order valence-corrected chi connectivity index (χ0v) is 17.1. The highest BCUT2D eigenvalue weighted by atomic mass is 16.5. The minimum absolute atomic E-state index is 0.0399. The molecule has 1 fully saturated rings. The number of amides is 2. The standard InChI is InChI=1S/C22H27N5O2/c1-15-7-8-19-18(11-15)25-21(26(19)2)14-24-22(28)27-10-9-23-13-20(27)16-5-4-6-17(12-16)29-3/h4-8,11-12,20,23H,9-10,13-14H2,1-3H3,(H,24,28). The van der Waals surface area contributed by atoms with E-state index in [2.05, 4.69) is 35.8 Å². The van der Waals surface area contributed by atoms with Crippen LogP contribution in [0.25, 0.3) is 11.0 Å². The third-order valence-corrected chi connectivity index (χ3v) is 5.51. The van der Waals surface area contributed by atoms with Crippen LogP contribution in [0.4, 0.5) is 4.79 Å². The average Bonchev–Trinajstić information content (AvgIpc) is 3.06. The van der Waals surface area contributed by atoms with Crippen molar-refractivity contribution in [2.45, 2.75) is 19.5 Å². The molecule has 7 heteroatoms. The summed E-state index contributed by atoms with van der Waals surface area (Å²) in [6.07, 6.45) is 0. The third kappa shape index (κ3) is 3.91. The fourth-order valence-corrected chi connectivity index (χ4v) is 3.87. The summed E-state index contributed by atoms with van der Waals surface area (Å²) in [5, 5.41) is 6.44. The van der Waals surface area contributed by atoms with E-state index in [9.17, 15) is 4.79 Å². The largest absolute Gasteiger partial charge is 0.497 e. The number of fused-ring (bicyclic) bond motifs is 1. The van der Waals surface area contributed by atoms with E-state index < -0.39 is 0 Å². The summed E-state index contributed by atoms with van der Waals surface area (Å²) >= 11 is 0. The Labute approximate surface area is 170 Å². The lowest BCUT2D eigenvalue weighted by Crippen LogP contribution is -2.52. The van der Waals surface area contributed by atoms with Crippen LogP contribution in [-0.2, 0) is 13.6 Å². The van der Waals surface area contributed by atoms with Crippen molar-refractivity contribution in [1.82, 2.24) is 25.1 Å². The van der Waals surface area contributed by atoms with E-state index in [1.54, 1.807) is 7.11 Å². The summed E-state index contributed by atoms with van der Waals surface area (Å²) in [4.78, 5) is 19.6. The fourth-order valence-electron chi connectivity index (χ4n) is 3.87. The molecule has 2 heterocycles.